The summed E-state index contributed by atoms with van der Waals surface area (Å²) in [6, 6.07) is 0. The Bertz CT molecular complexity index is 1050. The van der Waals surface area contributed by atoms with Crippen LogP contribution >= 0.6 is 0 Å². The first-order chi connectivity index (χ1) is 13.6. The first-order valence-corrected chi connectivity index (χ1v) is 9.16. The second kappa shape index (κ2) is 7.63. The Morgan fingerprint density at radius 1 is 1.41 bits per heavy atom. The zero-order valence-electron chi connectivity index (χ0n) is 17.4. The number of nitrogens with zero attached hydrogens (tertiary/aromatic N) is 6. The molecule has 3 aromatic heterocycles. The van der Waals surface area contributed by atoms with E-state index < -0.39 is 5.60 Å². The van der Waals surface area contributed by atoms with Gasteiger partial charge in [0.15, 0.2) is 5.82 Å². The number of amides is 1. The van der Waals surface area contributed by atoms with Gasteiger partial charge in [0.1, 0.15) is 17.0 Å². The van der Waals surface area contributed by atoms with E-state index in [4.69, 9.17) is 4.52 Å². The Morgan fingerprint density at radius 2 is 2.14 bits per heavy atom. The predicted molar refractivity (Wildman–Crippen MR) is 108 cm³/mol. The molecule has 0 bridgehead atoms. The molecule has 0 spiro atoms. The molecule has 1 amide bonds. The molecule has 154 valence electrons. The quantitative estimate of drug-likeness (QED) is 0.614. The number of aliphatic imine (C=N–C) groups is 1. The molecule has 10 heteroatoms. The van der Waals surface area contributed by atoms with Crippen LogP contribution in [-0.4, -0.2) is 47.5 Å². The molecule has 3 heterocycles. The van der Waals surface area contributed by atoms with Gasteiger partial charge in [0.25, 0.3) is 5.91 Å². The highest BCUT2D eigenvalue weighted by molar-refractivity contribution is 6.08. The maximum Gasteiger partial charge on any atom is 0.261 e. The van der Waals surface area contributed by atoms with Crippen LogP contribution in [0.15, 0.2) is 21.9 Å². The zero-order chi connectivity index (χ0) is 21.3. The van der Waals surface area contributed by atoms with E-state index in [0.29, 0.717) is 39.8 Å². The maximum atomic E-state index is 12.9. The molecule has 0 saturated carbocycles. The molecule has 3 aromatic rings. The van der Waals surface area contributed by atoms with E-state index in [1.807, 2.05) is 6.92 Å². The summed E-state index contributed by atoms with van der Waals surface area (Å²) in [4.78, 5) is 17.2. The lowest BCUT2D eigenvalue weighted by Gasteiger charge is -2.16. The number of hydrogen-bond acceptors (Lipinski definition) is 7. The average molecular weight is 399 g/mol. The second-order valence-electron chi connectivity index (χ2n) is 7.45. The minimum absolute atomic E-state index is 0.248. The number of hydrogen-bond donors (Lipinski definition) is 2. The Labute approximate surface area is 168 Å². The van der Waals surface area contributed by atoms with Crippen LogP contribution in [0.5, 0.6) is 0 Å². The highest BCUT2D eigenvalue weighted by Gasteiger charge is 2.24. The van der Waals surface area contributed by atoms with Gasteiger partial charge in [0.2, 0.25) is 0 Å². The normalized spacial score (nSPS) is 12.1. The lowest BCUT2D eigenvalue weighted by Crippen LogP contribution is -2.26. The van der Waals surface area contributed by atoms with Crippen LogP contribution in [0.25, 0.3) is 11.3 Å². The van der Waals surface area contributed by atoms with E-state index in [-0.39, 0.29) is 12.5 Å². The average Bonchev–Trinajstić information content (AvgIpc) is 3.26. The van der Waals surface area contributed by atoms with Gasteiger partial charge in [-0.1, -0.05) is 5.16 Å². The van der Waals surface area contributed by atoms with Crippen LogP contribution < -0.4 is 5.32 Å². The molecule has 0 fully saturated rings. The van der Waals surface area contributed by atoms with Gasteiger partial charge in [0.05, 0.1) is 35.3 Å². The van der Waals surface area contributed by atoms with Gasteiger partial charge in [-0.05, 0) is 34.6 Å². The molecule has 0 aliphatic rings. The van der Waals surface area contributed by atoms with Crippen molar-refractivity contribution in [3.63, 3.8) is 0 Å². The fraction of sp³-hybridized carbons (Fsp3) is 0.421. The Balaban J connectivity index is 2.03. The summed E-state index contributed by atoms with van der Waals surface area (Å²) in [5, 5.41) is 25.7. The molecule has 0 radical (unpaired) electrons. The van der Waals surface area contributed by atoms with Crippen molar-refractivity contribution in [2.24, 2.45) is 12.0 Å². The van der Waals surface area contributed by atoms with E-state index in [1.165, 1.54) is 10.9 Å². The summed E-state index contributed by atoms with van der Waals surface area (Å²) in [5.41, 5.74) is 1.71. The maximum absolute atomic E-state index is 12.9. The van der Waals surface area contributed by atoms with E-state index in [0.717, 1.165) is 0 Å². The molecule has 0 unspecified atom stereocenters. The Morgan fingerprint density at radius 3 is 2.72 bits per heavy atom. The first kappa shape index (κ1) is 20.5. The monoisotopic (exact) mass is 399 g/mol. The lowest BCUT2D eigenvalue weighted by atomic mass is 10.1. The number of nitrogens with one attached hydrogen (secondary N) is 1. The molecule has 10 nitrogen and oxygen atoms in total. The van der Waals surface area contributed by atoms with Crippen molar-refractivity contribution < 1.29 is 14.4 Å². The number of rotatable bonds is 6. The van der Waals surface area contributed by atoms with Crippen LogP contribution in [0.1, 0.15) is 42.6 Å². The number of carbonyl (C=O) groups excluding carboxylic acids is 1. The third-order valence-corrected chi connectivity index (χ3v) is 4.23. The summed E-state index contributed by atoms with van der Waals surface area (Å²) in [5.74, 6) is 0.673. The van der Waals surface area contributed by atoms with Gasteiger partial charge >= 0.3 is 0 Å². The van der Waals surface area contributed by atoms with Gasteiger partial charge in [-0.25, -0.2) is 4.99 Å². The van der Waals surface area contributed by atoms with E-state index in [1.54, 1.807) is 51.8 Å². The fourth-order valence-corrected chi connectivity index (χ4v) is 3.05. The topological polar surface area (TPSA) is 123 Å². The lowest BCUT2D eigenvalue weighted by molar-refractivity contribution is 0.0578. The van der Waals surface area contributed by atoms with Crippen LogP contribution in [0.2, 0.25) is 0 Å². The molecule has 0 aromatic carbocycles. The standard InChI is InChI=1S/C19H25N7O3/c1-7-20-17-13(8-21-25(17)6)18(27)22-14-9-26(10-19(4,5)28)23-16(14)15-11(2)24-29-12(15)3/h7-9,28H,10H2,1-6H3,(H,22,27)/b20-7-. The first-order valence-electron chi connectivity index (χ1n) is 9.16. The number of anilines is 1. The van der Waals surface area contributed by atoms with Crippen molar-refractivity contribution in [1.29, 1.82) is 0 Å². The molecule has 29 heavy (non-hydrogen) atoms. The van der Waals surface area contributed by atoms with Gasteiger partial charge in [-0.15, -0.1) is 0 Å². The van der Waals surface area contributed by atoms with Gasteiger partial charge < -0.3 is 14.9 Å². The number of carbonyl (C=O) groups is 1. The van der Waals surface area contributed by atoms with Crippen molar-refractivity contribution in [1.82, 2.24) is 24.7 Å². The second-order valence-corrected chi connectivity index (χ2v) is 7.45. The van der Waals surface area contributed by atoms with E-state index in [2.05, 4.69) is 25.7 Å². The van der Waals surface area contributed by atoms with Gasteiger partial charge in [-0.3, -0.25) is 14.2 Å². The molecule has 0 aliphatic carbocycles. The zero-order valence-corrected chi connectivity index (χ0v) is 17.4. The number of aromatic nitrogens is 5. The third-order valence-electron chi connectivity index (χ3n) is 4.23. The van der Waals surface area contributed by atoms with Crippen LogP contribution in [0.3, 0.4) is 0 Å². The number of aryl methyl sites for hydroxylation is 3. The SMILES string of the molecule is C/C=N\c1c(C(=O)Nc2cn(CC(C)(C)O)nc2-c2c(C)noc2C)cnn1C. The Hall–Kier alpha value is -3.27. The molecule has 0 saturated heterocycles. The highest BCUT2D eigenvalue weighted by Crippen LogP contribution is 2.33. The van der Waals surface area contributed by atoms with Crippen LogP contribution in [0.4, 0.5) is 11.5 Å². The van der Waals surface area contributed by atoms with E-state index in [9.17, 15) is 9.90 Å². The minimum atomic E-state index is -0.977. The predicted octanol–water partition coefficient (Wildman–Crippen LogP) is 2.63. The van der Waals surface area contributed by atoms with Crippen molar-refractivity contribution >= 4 is 23.6 Å². The molecular formula is C19H25N7O3. The van der Waals surface area contributed by atoms with Crippen molar-refractivity contribution in [2.75, 3.05) is 5.32 Å². The molecule has 3 rings (SSSR count). The van der Waals surface area contributed by atoms with Crippen LogP contribution in [0, 0.1) is 13.8 Å². The summed E-state index contributed by atoms with van der Waals surface area (Å²) in [7, 11) is 1.72. The molecular weight excluding hydrogens is 374 g/mol. The summed E-state index contributed by atoms with van der Waals surface area (Å²) < 4.78 is 8.38. The largest absolute Gasteiger partial charge is 0.389 e. The fourth-order valence-electron chi connectivity index (χ4n) is 3.05. The Kier molecular flexibility index (Phi) is 5.38. The van der Waals surface area contributed by atoms with Crippen molar-refractivity contribution in [2.45, 2.75) is 46.8 Å². The summed E-state index contributed by atoms with van der Waals surface area (Å²) >= 11 is 0. The molecule has 0 aliphatic heterocycles. The smallest absolute Gasteiger partial charge is 0.261 e. The molecule has 2 N–H and O–H groups in total. The van der Waals surface area contributed by atoms with Gasteiger partial charge in [-0.2, -0.15) is 10.2 Å². The summed E-state index contributed by atoms with van der Waals surface area (Å²) in [6.45, 7) is 8.98. The minimum Gasteiger partial charge on any atom is -0.389 e. The van der Waals surface area contributed by atoms with Crippen molar-refractivity contribution in [3.8, 4) is 11.3 Å². The van der Waals surface area contributed by atoms with Crippen LogP contribution in [-0.2, 0) is 13.6 Å². The highest BCUT2D eigenvalue weighted by atomic mass is 16.5. The molecule has 0 atom stereocenters. The summed E-state index contributed by atoms with van der Waals surface area (Å²) in [6.07, 6.45) is 4.75. The van der Waals surface area contributed by atoms with Gasteiger partial charge in [0, 0.05) is 19.5 Å². The van der Waals surface area contributed by atoms with E-state index >= 15 is 0 Å². The van der Waals surface area contributed by atoms with Crippen molar-refractivity contribution in [3.05, 3.63) is 29.4 Å². The third kappa shape index (κ3) is 4.27. The number of aliphatic hydroxyl groups is 1.